The third-order valence-electron chi connectivity index (χ3n) is 2.19. The number of rotatable bonds is 3. The number of isothiocyanates is 1. The highest BCUT2D eigenvalue weighted by molar-refractivity contribution is 7.78. The summed E-state index contributed by atoms with van der Waals surface area (Å²) in [6, 6.07) is 11.1. The van der Waals surface area contributed by atoms with Crippen LogP contribution in [0.2, 0.25) is 0 Å². The van der Waals surface area contributed by atoms with E-state index in [9.17, 15) is 0 Å². The predicted molar refractivity (Wildman–Crippen MR) is 70.2 cm³/mol. The van der Waals surface area contributed by atoms with Crippen molar-refractivity contribution in [1.29, 1.82) is 0 Å². The Labute approximate surface area is 105 Å². The summed E-state index contributed by atoms with van der Waals surface area (Å²) >= 11 is 4.53. The zero-order valence-electron chi connectivity index (χ0n) is 9.25. The Morgan fingerprint density at radius 2 is 2.00 bits per heavy atom. The minimum atomic E-state index is 0.610. The molecule has 1 aromatic heterocycles. The number of thiocarbonyl (C=S) groups is 1. The van der Waals surface area contributed by atoms with Crippen LogP contribution in [0, 0.1) is 6.92 Å². The highest BCUT2D eigenvalue weighted by Crippen LogP contribution is 2.24. The van der Waals surface area contributed by atoms with Gasteiger partial charge in [0.2, 0.25) is 5.88 Å². The molecule has 0 atom stereocenters. The molecule has 1 aromatic carbocycles. The lowest BCUT2D eigenvalue weighted by molar-refractivity contribution is 0.459. The second-order valence-electron chi connectivity index (χ2n) is 3.42. The molecule has 0 N–H and O–H groups in total. The van der Waals surface area contributed by atoms with Crippen LogP contribution in [-0.2, 0) is 0 Å². The lowest BCUT2D eigenvalue weighted by atomic mass is 10.3. The Morgan fingerprint density at radius 1 is 1.24 bits per heavy atom. The molecule has 0 saturated carbocycles. The lowest BCUT2D eigenvalue weighted by Crippen LogP contribution is -1.89. The molecule has 2 aromatic rings. The molecule has 0 aliphatic heterocycles. The van der Waals surface area contributed by atoms with E-state index in [1.807, 2.05) is 43.3 Å². The number of pyridine rings is 1. The van der Waals surface area contributed by atoms with Gasteiger partial charge in [0.1, 0.15) is 5.75 Å². The van der Waals surface area contributed by atoms with E-state index in [-0.39, 0.29) is 0 Å². The van der Waals surface area contributed by atoms with Crippen molar-refractivity contribution in [3.63, 3.8) is 0 Å². The van der Waals surface area contributed by atoms with Gasteiger partial charge in [-0.25, -0.2) is 4.98 Å². The van der Waals surface area contributed by atoms with Crippen molar-refractivity contribution in [2.24, 2.45) is 4.99 Å². The third kappa shape index (κ3) is 2.97. The molecular weight excluding hydrogens is 232 g/mol. The highest BCUT2D eigenvalue weighted by Gasteiger charge is 2.01. The molecule has 1 heterocycles. The van der Waals surface area contributed by atoms with Gasteiger partial charge in [-0.2, -0.15) is 4.99 Å². The molecule has 3 nitrogen and oxygen atoms in total. The minimum absolute atomic E-state index is 0.610. The number of ether oxygens (including phenoxy) is 1. The van der Waals surface area contributed by atoms with Crippen molar-refractivity contribution >= 4 is 23.1 Å². The van der Waals surface area contributed by atoms with Crippen molar-refractivity contribution in [1.82, 2.24) is 4.98 Å². The van der Waals surface area contributed by atoms with Crippen molar-refractivity contribution in [3.05, 3.63) is 48.2 Å². The van der Waals surface area contributed by atoms with Crippen LogP contribution in [0.3, 0.4) is 0 Å². The largest absolute Gasteiger partial charge is 0.439 e. The van der Waals surface area contributed by atoms with E-state index in [1.165, 1.54) is 0 Å². The van der Waals surface area contributed by atoms with E-state index in [2.05, 4.69) is 27.4 Å². The molecule has 0 bridgehead atoms. The van der Waals surface area contributed by atoms with E-state index in [1.54, 1.807) is 6.20 Å². The molecular formula is C13H10N2OS. The Morgan fingerprint density at radius 3 is 2.65 bits per heavy atom. The fourth-order valence-electron chi connectivity index (χ4n) is 1.33. The quantitative estimate of drug-likeness (QED) is 0.604. The smallest absolute Gasteiger partial charge is 0.222 e. The Hall–Kier alpha value is -2.03. The van der Waals surface area contributed by atoms with Gasteiger partial charge in [-0.3, -0.25) is 0 Å². The molecule has 2 rings (SSSR count). The first kappa shape index (κ1) is 11.5. The van der Waals surface area contributed by atoms with Crippen LogP contribution in [0.1, 0.15) is 5.56 Å². The maximum atomic E-state index is 5.64. The summed E-state index contributed by atoms with van der Waals surface area (Å²) in [4.78, 5) is 8.02. The molecule has 0 unspecified atom stereocenters. The van der Waals surface area contributed by atoms with Crippen LogP contribution < -0.4 is 4.74 Å². The second-order valence-corrected chi connectivity index (χ2v) is 3.61. The third-order valence-corrected chi connectivity index (χ3v) is 2.28. The van der Waals surface area contributed by atoms with E-state index in [4.69, 9.17) is 4.74 Å². The van der Waals surface area contributed by atoms with Crippen LogP contribution in [-0.4, -0.2) is 10.1 Å². The average Bonchev–Trinajstić information content (AvgIpc) is 2.35. The standard InChI is InChI=1S/C13H10N2OS/c1-10-3-2-8-14-13(10)16-12-6-4-11(5-7-12)15-9-17/h2-8H,1H3. The SMILES string of the molecule is Cc1cccnc1Oc1ccc(N=C=S)cc1. The average molecular weight is 242 g/mol. The number of nitrogens with zero attached hydrogens (tertiary/aromatic N) is 2. The summed E-state index contributed by atoms with van der Waals surface area (Å²) in [5.41, 5.74) is 1.75. The minimum Gasteiger partial charge on any atom is -0.439 e. The maximum Gasteiger partial charge on any atom is 0.222 e. The van der Waals surface area contributed by atoms with Gasteiger partial charge >= 0.3 is 0 Å². The van der Waals surface area contributed by atoms with Crippen LogP contribution in [0.5, 0.6) is 11.6 Å². The summed E-state index contributed by atoms with van der Waals surface area (Å²) in [6.45, 7) is 1.95. The number of aromatic nitrogens is 1. The number of hydrogen-bond donors (Lipinski definition) is 0. The summed E-state index contributed by atoms with van der Waals surface area (Å²) in [6.07, 6.45) is 1.70. The number of hydrogen-bond acceptors (Lipinski definition) is 4. The van der Waals surface area contributed by atoms with Gasteiger partial charge in [-0.15, -0.1) is 0 Å². The summed E-state index contributed by atoms with van der Waals surface area (Å²) in [5, 5.41) is 2.32. The fraction of sp³-hybridized carbons (Fsp3) is 0.0769. The van der Waals surface area contributed by atoms with Gasteiger partial charge in [0.25, 0.3) is 0 Å². The van der Waals surface area contributed by atoms with Gasteiger partial charge in [-0.1, -0.05) is 6.07 Å². The predicted octanol–water partition coefficient (Wildman–Crippen LogP) is 3.92. The topological polar surface area (TPSA) is 34.5 Å². The normalized spacial score (nSPS) is 9.47. The Bertz CT molecular complexity index is 560. The van der Waals surface area contributed by atoms with Gasteiger partial charge in [-0.05, 0) is 49.5 Å². The second kappa shape index (κ2) is 5.34. The lowest BCUT2D eigenvalue weighted by Gasteiger charge is -2.06. The summed E-state index contributed by atoms with van der Waals surface area (Å²) in [5.74, 6) is 1.33. The molecule has 4 heteroatoms. The Kier molecular flexibility index (Phi) is 3.60. The molecule has 0 fully saturated rings. The molecule has 0 spiro atoms. The first-order valence-electron chi connectivity index (χ1n) is 5.07. The zero-order valence-corrected chi connectivity index (χ0v) is 10.1. The van der Waals surface area contributed by atoms with Crippen LogP contribution in [0.25, 0.3) is 0 Å². The number of aliphatic imine (C=N–C) groups is 1. The first-order chi connectivity index (χ1) is 8.29. The monoisotopic (exact) mass is 242 g/mol. The van der Waals surface area contributed by atoms with Crippen molar-refractivity contribution in [3.8, 4) is 11.6 Å². The Balaban J connectivity index is 2.19. The summed E-state index contributed by atoms with van der Waals surface area (Å²) in [7, 11) is 0. The van der Waals surface area contributed by atoms with Gasteiger partial charge in [0.15, 0.2) is 0 Å². The van der Waals surface area contributed by atoms with Gasteiger partial charge in [0, 0.05) is 11.8 Å². The number of aryl methyl sites for hydroxylation is 1. The van der Waals surface area contributed by atoms with Crippen LogP contribution in [0.4, 0.5) is 5.69 Å². The van der Waals surface area contributed by atoms with Crippen molar-refractivity contribution in [2.75, 3.05) is 0 Å². The molecule has 0 aliphatic rings. The van der Waals surface area contributed by atoms with E-state index >= 15 is 0 Å². The maximum absolute atomic E-state index is 5.64. The zero-order chi connectivity index (χ0) is 12.1. The molecule has 17 heavy (non-hydrogen) atoms. The first-order valence-corrected chi connectivity index (χ1v) is 5.48. The fourth-order valence-corrected chi connectivity index (χ4v) is 1.44. The van der Waals surface area contributed by atoms with Crippen molar-refractivity contribution < 1.29 is 4.74 Å². The molecule has 0 radical (unpaired) electrons. The van der Waals surface area contributed by atoms with Gasteiger partial charge < -0.3 is 4.74 Å². The summed E-state index contributed by atoms with van der Waals surface area (Å²) < 4.78 is 5.64. The van der Waals surface area contributed by atoms with Crippen LogP contribution >= 0.6 is 12.2 Å². The van der Waals surface area contributed by atoms with Crippen molar-refractivity contribution in [2.45, 2.75) is 6.92 Å². The molecule has 84 valence electrons. The van der Waals surface area contributed by atoms with E-state index in [0.29, 0.717) is 5.88 Å². The van der Waals surface area contributed by atoms with Crippen LogP contribution in [0.15, 0.2) is 47.6 Å². The highest BCUT2D eigenvalue weighted by atomic mass is 32.1. The molecule has 0 saturated heterocycles. The van der Waals surface area contributed by atoms with E-state index < -0.39 is 0 Å². The molecule has 0 aliphatic carbocycles. The van der Waals surface area contributed by atoms with E-state index in [0.717, 1.165) is 17.0 Å². The molecule has 0 amide bonds. The van der Waals surface area contributed by atoms with Gasteiger partial charge in [0.05, 0.1) is 10.8 Å². The number of benzene rings is 1.